The molecule has 0 aliphatic carbocycles. The van der Waals surface area contributed by atoms with Gasteiger partial charge in [-0.1, -0.05) is 48.3 Å². The molecule has 0 fully saturated rings. The molecule has 24 heavy (non-hydrogen) atoms. The average Bonchev–Trinajstić information content (AvgIpc) is 2.54. The Hall–Kier alpha value is -2.04. The number of halogens is 2. The van der Waals surface area contributed by atoms with Gasteiger partial charge in [0, 0.05) is 10.7 Å². The number of ether oxygens (including phenoxy) is 1. The maximum Gasteiger partial charge on any atom is 0.340 e. The number of nitrogens with one attached hydrogen (secondary N) is 1. The zero-order valence-electron chi connectivity index (χ0n) is 13.4. The Balaban J connectivity index is 2.00. The Morgan fingerprint density at radius 2 is 1.92 bits per heavy atom. The summed E-state index contributed by atoms with van der Waals surface area (Å²) in [5, 5.41) is 3.39. The van der Waals surface area contributed by atoms with Gasteiger partial charge in [-0.2, -0.15) is 0 Å². The summed E-state index contributed by atoms with van der Waals surface area (Å²) in [4.78, 5) is 24.1. The Labute approximate surface area is 150 Å². The van der Waals surface area contributed by atoms with Crippen LogP contribution in [0.4, 0.5) is 5.69 Å². The largest absolute Gasteiger partial charge is 0.452 e. The van der Waals surface area contributed by atoms with Crippen molar-refractivity contribution < 1.29 is 14.3 Å². The van der Waals surface area contributed by atoms with E-state index in [1.54, 1.807) is 0 Å². The topological polar surface area (TPSA) is 55.4 Å². The molecule has 0 unspecified atom stereocenters. The van der Waals surface area contributed by atoms with E-state index in [1.807, 2.05) is 32.0 Å². The van der Waals surface area contributed by atoms with Gasteiger partial charge in [0.1, 0.15) is 0 Å². The Bertz CT molecular complexity index is 775. The van der Waals surface area contributed by atoms with Crippen molar-refractivity contribution in [1.82, 2.24) is 0 Å². The highest BCUT2D eigenvalue weighted by molar-refractivity contribution is 6.36. The van der Waals surface area contributed by atoms with Crippen LogP contribution in [0.5, 0.6) is 0 Å². The van der Waals surface area contributed by atoms with Gasteiger partial charge in [0.25, 0.3) is 5.91 Å². The molecule has 0 spiro atoms. The second-order valence-electron chi connectivity index (χ2n) is 5.21. The number of carbonyl (C=O) groups excluding carboxylic acids is 2. The molecule has 0 saturated carbocycles. The van der Waals surface area contributed by atoms with E-state index in [9.17, 15) is 9.59 Å². The Kier molecular flexibility index (Phi) is 6.23. The molecule has 0 radical (unpaired) electrons. The first-order valence-corrected chi connectivity index (χ1v) is 8.18. The molecule has 0 heterocycles. The summed E-state index contributed by atoms with van der Waals surface area (Å²) in [6.45, 7) is 3.52. The third-order valence-electron chi connectivity index (χ3n) is 3.49. The molecule has 0 atom stereocenters. The summed E-state index contributed by atoms with van der Waals surface area (Å²) in [5.74, 6) is -1.08. The van der Waals surface area contributed by atoms with Crippen LogP contribution in [0.2, 0.25) is 10.0 Å². The summed E-state index contributed by atoms with van der Waals surface area (Å²) >= 11 is 11.7. The van der Waals surface area contributed by atoms with Crippen molar-refractivity contribution >= 4 is 40.8 Å². The van der Waals surface area contributed by atoms with E-state index in [1.165, 1.54) is 18.2 Å². The third kappa shape index (κ3) is 4.49. The van der Waals surface area contributed by atoms with E-state index >= 15 is 0 Å². The first-order chi connectivity index (χ1) is 11.4. The lowest BCUT2D eigenvalue weighted by Gasteiger charge is -2.13. The summed E-state index contributed by atoms with van der Waals surface area (Å²) in [5.41, 5.74) is 2.90. The van der Waals surface area contributed by atoms with Gasteiger partial charge in [0.15, 0.2) is 6.61 Å². The zero-order valence-corrected chi connectivity index (χ0v) is 14.9. The molecule has 126 valence electrons. The number of hydrogen-bond acceptors (Lipinski definition) is 3. The maximum atomic E-state index is 12.1. The van der Waals surface area contributed by atoms with Gasteiger partial charge in [-0.05, 0) is 42.7 Å². The van der Waals surface area contributed by atoms with E-state index in [2.05, 4.69) is 5.32 Å². The van der Waals surface area contributed by atoms with Crippen LogP contribution < -0.4 is 5.32 Å². The fourth-order valence-corrected chi connectivity index (χ4v) is 2.73. The van der Waals surface area contributed by atoms with Gasteiger partial charge in [-0.3, -0.25) is 4.79 Å². The molecule has 2 rings (SSSR count). The molecule has 2 aromatic rings. The van der Waals surface area contributed by atoms with Crippen molar-refractivity contribution in [2.75, 3.05) is 11.9 Å². The predicted molar refractivity (Wildman–Crippen MR) is 95.9 cm³/mol. The van der Waals surface area contributed by atoms with Gasteiger partial charge in [0.2, 0.25) is 0 Å². The molecule has 0 bridgehead atoms. The number of rotatable bonds is 5. The molecule has 2 aromatic carbocycles. The van der Waals surface area contributed by atoms with Crippen LogP contribution in [-0.4, -0.2) is 18.5 Å². The van der Waals surface area contributed by atoms with Crippen molar-refractivity contribution in [2.45, 2.75) is 20.3 Å². The summed E-state index contributed by atoms with van der Waals surface area (Å²) in [6.07, 6.45) is 0.789. The highest BCUT2D eigenvalue weighted by Gasteiger charge is 2.15. The van der Waals surface area contributed by atoms with Crippen molar-refractivity contribution in [2.24, 2.45) is 0 Å². The number of hydrogen-bond donors (Lipinski definition) is 1. The van der Waals surface area contributed by atoms with Gasteiger partial charge in [-0.15, -0.1) is 0 Å². The highest BCUT2D eigenvalue weighted by atomic mass is 35.5. The molecule has 1 N–H and O–H groups in total. The predicted octanol–water partition coefficient (Wildman–Crippen LogP) is 4.66. The summed E-state index contributed by atoms with van der Waals surface area (Å²) in [7, 11) is 0. The standard InChI is InChI=1S/C18H17Cl2NO3/c1-3-12-6-4-5-11(2)17(12)21-16(22)10-24-18(23)14-8-7-13(19)9-15(14)20/h4-9H,3,10H2,1-2H3,(H,21,22). The van der Waals surface area contributed by atoms with Gasteiger partial charge in [0.05, 0.1) is 10.6 Å². The highest BCUT2D eigenvalue weighted by Crippen LogP contribution is 2.22. The zero-order chi connectivity index (χ0) is 17.7. The van der Waals surface area contributed by atoms with E-state index < -0.39 is 18.5 Å². The monoisotopic (exact) mass is 365 g/mol. The first-order valence-electron chi connectivity index (χ1n) is 7.43. The van der Waals surface area contributed by atoms with Crippen molar-refractivity contribution in [3.05, 3.63) is 63.1 Å². The molecule has 0 saturated heterocycles. The molecular formula is C18H17Cl2NO3. The summed E-state index contributed by atoms with van der Waals surface area (Å²) < 4.78 is 5.02. The number of anilines is 1. The smallest absolute Gasteiger partial charge is 0.340 e. The molecule has 1 amide bonds. The molecule has 0 aromatic heterocycles. The van der Waals surface area contributed by atoms with Crippen LogP contribution in [0.1, 0.15) is 28.4 Å². The normalized spacial score (nSPS) is 10.3. The van der Waals surface area contributed by atoms with E-state index in [-0.39, 0.29) is 10.6 Å². The fraction of sp³-hybridized carbons (Fsp3) is 0.222. The van der Waals surface area contributed by atoms with E-state index in [0.717, 1.165) is 23.2 Å². The van der Waals surface area contributed by atoms with Gasteiger partial charge in [-0.25, -0.2) is 4.79 Å². The number of benzene rings is 2. The first kappa shape index (κ1) is 18.3. The van der Waals surface area contributed by atoms with E-state index in [0.29, 0.717) is 5.02 Å². The number of para-hydroxylation sites is 1. The SMILES string of the molecule is CCc1cccc(C)c1NC(=O)COC(=O)c1ccc(Cl)cc1Cl. The fourth-order valence-electron chi connectivity index (χ4n) is 2.24. The number of esters is 1. The molecular weight excluding hydrogens is 349 g/mol. The number of amides is 1. The minimum atomic E-state index is -0.674. The lowest BCUT2D eigenvalue weighted by atomic mass is 10.1. The van der Waals surface area contributed by atoms with Crippen LogP contribution in [0, 0.1) is 6.92 Å². The Morgan fingerprint density at radius 1 is 1.17 bits per heavy atom. The van der Waals surface area contributed by atoms with Crippen LogP contribution in [0.3, 0.4) is 0 Å². The number of aryl methyl sites for hydroxylation is 2. The minimum Gasteiger partial charge on any atom is -0.452 e. The van der Waals surface area contributed by atoms with Crippen molar-refractivity contribution in [3.8, 4) is 0 Å². The van der Waals surface area contributed by atoms with Crippen molar-refractivity contribution in [3.63, 3.8) is 0 Å². The van der Waals surface area contributed by atoms with Gasteiger partial charge >= 0.3 is 5.97 Å². The van der Waals surface area contributed by atoms with Crippen LogP contribution in [-0.2, 0) is 16.0 Å². The van der Waals surface area contributed by atoms with E-state index in [4.69, 9.17) is 27.9 Å². The second-order valence-corrected chi connectivity index (χ2v) is 6.05. The van der Waals surface area contributed by atoms with Crippen LogP contribution in [0.25, 0.3) is 0 Å². The lowest BCUT2D eigenvalue weighted by Crippen LogP contribution is -2.22. The maximum absolute atomic E-state index is 12.1. The van der Waals surface area contributed by atoms with Crippen LogP contribution in [0.15, 0.2) is 36.4 Å². The molecule has 6 heteroatoms. The second kappa shape index (κ2) is 8.18. The van der Waals surface area contributed by atoms with Crippen molar-refractivity contribution in [1.29, 1.82) is 0 Å². The summed E-state index contributed by atoms with van der Waals surface area (Å²) in [6, 6.07) is 10.2. The minimum absolute atomic E-state index is 0.166. The number of carbonyl (C=O) groups is 2. The van der Waals surface area contributed by atoms with Crippen LogP contribution >= 0.6 is 23.2 Å². The van der Waals surface area contributed by atoms with Gasteiger partial charge < -0.3 is 10.1 Å². The Morgan fingerprint density at radius 3 is 2.58 bits per heavy atom. The molecule has 0 aliphatic heterocycles. The third-order valence-corrected chi connectivity index (χ3v) is 4.04. The molecule has 4 nitrogen and oxygen atoms in total. The average molecular weight is 366 g/mol. The molecule has 0 aliphatic rings. The lowest BCUT2D eigenvalue weighted by molar-refractivity contribution is -0.119. The quantitative estimate of drug-likeness (QED) is 0.783.